The van der Waals surface area contributed by atoms with Gasteiger partial charge in [-0.2, -0.15) is 0 Å². The average Bonchev–Trinajstić information content (AvgIpc) is 3.30. The van der Waals surface area contributed by atoms with Crippen LogP contribution in [0.5, 0.6) is 0 Å². The van der Waals surface area contributed by atoms with E-state index in [0.29, 0.717) is 17.4 Å². The summed E-state index contributed by atoms with van der Waals surface area (Å²) >= 11 is 0. The zero-order valence-corrected chi connectivity index (χ0v) is 46.7. The van der Waals surface area contributed by atoms with Gasteiger partial charge in [-0.25, -0.2) is 0 Å². The van der Waals surface area contributed by atoms with Gasteiger partial charge in [-0.05, 0) is 44.9 Å². The molecule has 0 radical (unpaired) electrons. The van der Waals surface area contributed by atoms with Gasteiger partial charge in [0.05, 0.1) is 39.9 Å². The molecule has 1 amide bonds. The number of carbonyl (C=O) groups excluding carboxylic acids is 1. The molecule has 0 aromatic carbocycles. The first kappa shape index (κ1) is 66.7. The van der Waals surface area contributed by atoms with Crippen molar-refractivity contribution < 1.29 is 32.9 Å². The van der Waals surface area contributed by atoms with Crippen molar-refractivity contribution >= 4 is 13.7 Å². The second-order valence-electron chi connectivity index (χ2n) is 21.4. The highest BCUT2D eigenvalue weighted by atomic mass is 31.2. The molecule has 68 heavy (non-hydrogen) atoms. The van der Waals surface area contributed by atoms with Crippen LogP contribution in [0.4, 0.5) is 0 Å². The molecular formula is C59H115N2O6P. The number of unbranched alkanes of at least 4 members (excludes halogenated alkanes) is 37. The number of amides is 1. The van der Waals surface area contributed by atoms with Crippen LogP contribution in [0, 0.1) is 0 Å². The average molecular weight is 980 g/mol. The molecule has 8 nitrogen and oxygen atoms in total. The van der Waals surface area contributed by atoms with Crippen LogP contribution in [0.3, 0.4) is 0 Å². The first-order valence-corrected chi connectivity index (χ1v) is 30.8. The van der Waals surface area contributed by atoms with Crippen molar-refractivity contribution in [3.05, 3.63) is 36.5 Å². The van der Waals surface area contributed by atoms with Gasteiger partial charge in [-0.1, -0.05) is 269 Å². The maximum Gasteiger partial charge on any atom is 0.268 e. The van der Waals surface area contributed by atoms with E-state index < -0.39 is 20.0 Å². The highest BCUT2D eigenvalue weighted by molar-refractivity contribution is 7.45. The fourth-order valence-electron chi connectivity index (χ4n) is 8.70. The first-order chi connectivity index (χ1) is 33.0. The number of nitrogens with zero attached hydrogens (tertiary/aromatic N) is 1. The number of rotatable bonds is 54. The summed E-state index contributed by atoms with van der Waals surface area (Å²) in [6.07, 6.45) is 65.3. The fraction of sp³-hybridized carbons (Fsp3) is 0.881. The molecule has 0 aromatic rings. The molecule has 3 atom stereocenters. The number of phosphoric acid groups is 1. The topological polar surface area (TPSA) is 108 Å². The van der Waals surface area contributed by atoms with Crippen molar-refractivity contribution in [2.45, 2.75) is 296 Å². The summed E-state index contributed by atoms with van der Waals surface area (Å²) < 4.78 is 23.3. The van der Waals surface area contributed by atoms with E-state index in [1.807, 2.05) is 27.2 Å². The molecule has 0 heterocycles. The number of hydrogen-bond acceptors (Lipinski definition) is 6. The molecule has 402 valence electrons. The predicted octanol–water partition coefficient (Wildman–Crippen LogP) is 17.1. The quantitative estimate of drug-likeness (QED) is 0.0272. The van der Waals surface area contributed by atoms with E-state index >= 15 is 0 Å². The first-order valence-electron chi connectivity index (χ1n) is 29.4. The summed E-state index contributed by atoms with van der Waals surface area (Å²) in [6, 6.07) is -0.894. The third kappa shape index (κ3) is 52.5. The molecule has 0 aliphatic carbocycles. The second kappa shape index (κ2) is 50.7. The predicted molar refractivity (Wildman–Crippen MR) is 293 cm³/mol. The molecule has 0 rings (SSSR count). The lowest BCUT2D eigenvalue weighted by Crippen LogP contribution is -2.45. The summed E-state index contributed by atoms with van der Waals surface area (Å²) in [6.45, 7) is 4.62. The van der Waals surface area contributed by atoms with E-state index in [2.05, 4.69) is 43.5 Å². The summed E-state index contributed by atoms with van der Waals surface area (Å²) in [7, 11) is 1.26. The second-order valence-corrected chi connectivity index (χ2v) is 22.8. The highest BCUT2D eigenvalue weighted by Gasteiger charge is 2.23. The van der Waals surface area contributed by atoms with Crippen molar-refractivity contribution in [2.75, 3.05) is 40.9 Å². The maximum atomic E-state index is 12.9. The van der Waals surface area contributed by atoms with Crippen LogP contribution in [0.2, 0.25) is 0 Å². The van der Waals surface area contributed by atoms with Crippen molar-refractivity contribution in [1.29, 1.82) is 0 Å². The summed E-state index contributed by atoms with van der Waals surface area (Å²) in [5.74, 6) is -0.210. The molecule has 0 aliphatic rings. The van der Waals surface area contributed by atoms with Crippen molar-refractivity contribution in [1.82, 2.24) is 5.32 Å². The minimum Gasteiger partial charge on any atom is -0.756 e. The number of hydrogen-bond donors (Lipinski definition) is 2. The van der Waals surface area contributed by atoms with Crippen LogP contribution in [-0.2, 0) is 18.4 Å². The SMILES string of the molecule is CCCC/C=C\C/C=C\CCCCCCCC(=O)NC(COP(=O)([O-])OCC[N+](C)(C)C)C(O)/C=C/CCCCCCCCCCCCCCCCCCCCCCCCCCCCCCCC. The third-order valence-electron chi connectivity index (χ3n) is 13.3. The highest BCUT2D eigenvalue weighted by Crippen LogP contribution is 2.38. The Morgan fingerprint density at radius 2 is 0.868 bits per heavy atom. The lowest BCUT2D eigenvalue weighted by atomic mass is 10.0. The smallest absolute Gasteiger partial charge is 0.268 e. The Morgan fingerprint density at radius 3 is 1.26 bits per heavy atom. The zero-order chi connectivity index (χ0) is 49.9. The van der Waals surface area contributed by atoms with Crippen LogP contribution in [0.15, 0.2) is 36.5 Å². The number of quaternary nitrogens is 1. The molecular weight excluding hydrogens is 864 g/mol. The van der Waals surface area contributed by atoms with Gasteiger partial charge < -0.3 is 28.8 Å². The monoisotopic (exact) mass is 979 g/mol. The van der Waals surface area contributed by atoms with Crippen LogP contribution in [0.25, 0.3) is 0 Å². The van der Waals surface area contributed by atoms with E-state index in [0.717, 1.165) is 64.2 Å². The Hall–Kier alpha value is -1.28. The molecule has 2 N–H and O–H groups in total. The Bertz CT molecular complexity index is 1200. The Morgan fingerprint density at radius 1 is 0.515 bits per heavy atom. The van der Waals surface area contributed by atoms with Crippen molar-refractivity contribution in [3.63, 3.8) is 0 Å². The minimum atomic E-state index is -4.60. The summed E-state index contributed by atoms with van der Waals surface area (Å²) in [5, 5.41) is 13.9. The standard InChI is InChI=1S/C59H115N2O6P/c1-6-8-10-12-14-16-18-20-22-23-24-25-26-27-28-29-30-31-32-33-34-35-36-37-38-39-40-42-44-46-48-50-52-58(62)57(56-67-68(64,65)66-55-54-61(3,4)5)60-59(63)53-51-49-47-45-43-41-21-19-17-15-13-11-9-7-2/h13,15,19,21,50,52,57-58,62H,6-12,14,16-18,20,22-49,51,53-56H2,1-5H3,(H-,60,63,64,65)/b15-13-,21-19-,52-50+. The normalized spacial score (nSPS) is 14.2. The van der Waals surface area contributed by atoms with E-state index in [4.69, 9.17) is 9.05 Å². The number of likely N-dealkylation sites (N-methyl/N-ethyl adjacent to an activating group) is 1. The molecule has 0 aromatic heterocycles. The van der Waals surface area contributed by atoms with Gasteiger partial charge in [0.2, 0.25) is 5.91 Å². The molecule has 3 unspecified atom stereocenters. The number of allylic oxidation sites excluding steroid dienone is 5. The molecule has 0 saturated carbocycles. The Balaban J connectivity index is 4.06. The Labute approximate surface area is 423 Å². The number of aliphatic hydroxyl groups excluding tert-OH is 1. The van der Waals surface area contributed by atoms with Crippen LogP contribution in [-0.4, -0.2) is 68.5 Å². The molecule has 0 aliphatic heterocycles. The van der Waals surface area contributed by atoms with Crippen LogP contribution >= 0.6 is 7.82 Å². The van der Waals surface area contributed by atoms with Gasteiger partial charge in [0.25, 0.3) is 7.82 Å². The van der Waals surface area contributed by atoms with E-state index in [1.54, 1.807) is 6.08 Å². The van der Waals surface area contributed by atoms with Crippen LogP contribution < -0.4 is 10.2 Å². The summed E-state index contributed by atoms with van der Waals surface area (Å²) in [5.41, 5.74) is 0. The maximum absolute atomic E-state index is 12.9. The van der Waals surface area contributed by atoms with Gasteiger partial charge in [0.15, 0.2) is 0 Å². The van der Waals surface area contributed by atoms with Gasteiger partial charge >= 0.3 is 0 Å². The molecule has 0 bridgehead atoms. The van der Waals surface area contributed by atoms with Gasteiger partial charge in [-0.3, -0.25) is 9.36 Å². The lowest BCUT2D eigenvalue weighted by molar-refractivity contribution is -0.870. The van der Waals surface area contributed by atoms with Crippen molar-refractivity contribution in [2.24, 2.45) is 0 Å². The molecule has 9 heteroatoms. The third-order valence-corrected chi connectivity index (χ3v) is 14.3. The zero-order valence-electron chi connectivity index (χ0n) is 45.8. The summed E-state index contributed by atoms with van der Waals surface area (Å²) in [4.78, 5) is 25.4. The molecule has 0 spiro atoms. The molecule has 0 fully saturated rings. The number of nitrogens with one attached hydrogen (secondary N) is 1. The van der Waals surface area contributed by atoms with E-state index in [9.17, 15) is 19.4 Å². The van der Waals surface area contributed by atoms with Gasteiger partial charge in [0, 0.05) is 6.42 Å². The van der Waals surface area contributed by atoms with E-state index in [1.165, 1.54) is 199 Å². The van der Waals surface area contributed by atoms with Gasteiger partial charge in [0.1, 0.15) is 13.2 Å². The van der Waals surface area contributed by atoms with Crippen molar-refractivity contribution in [3.8, 4) is 0 Å². The number of aliphatic hydroxyl groups is 1. The molecule has 0 saturated heterocycles. The Kier molecular flexibility index (Phi) is 49.7. The van der Waals surface area contributed by atoms with Gasteiger partial charge in [-0.15, -0.1) is 0 Å². The van der Waals surface area contributed by atoms with E-state index in [-0.39, 0.29) is 19.1 Å². The van der Waals surface area contributed by atoms with Crippen LogP contribution in [0.1, 0.15) is 284 Å². The minimum absolute atomic E-state index is 0.00375. The lowest BCUT2D eigenvalue weighted by Gasteiger charge is -2.29. The fourth-order valence-corrected chi connectivity index (χ4v) is 9.42. The number of carbonyl (C=O) groups is 1. The largest absolute Gasteiger partial charge is 0.756 e. The number of phosphoric ester groups is 1.